The van der Waals surface area contributed by atoms with Crippen molar-refractivity contribution in [2.45, 2.75) is 26.7 Å². The normalized spacial score (nSPS) is 10.5. The molecule has 0 bridgehead atoms. The van der Waals surface area contributed by atoms with Gasteiger partial charge in [-0.1, -0.05) is 6.92 Å². The molecule has 0 radical (unpaired) electrons. The summed E-state index contributed by atoms with van der Waals surface area (Å²) >= 11 is 1.71. The van der Waals surface area contributed by atoms with Crippen molar-refractivity contribution in [3.05, 3.63) is 10.9 Å². The van der Waals surface area contributed by atoms with Crippen LogP contribution in [0.5, 0.6) is 0 Å². The van der Waals surface area contributed by atoms with E-state index in [1.165, 1.54) is 4.88 Å². The van der Waals surface area contributed by atoms with E-state index in [1.54, 1.807) is 11.3 Å². The molecule has 0 amide bonds. The van der Waals surface area contributed by atoms with Crippen LogP contribution in [0.25, 0.3) is 10.2 Å². The van der Waals surface area contributed by atoms with Crippen molar-refractivity contribution in [2.75, 3.05) is 30.4 Å². The molecular formula is C14H19N5S. The van der Waals surface area contributed by atoms with E-state index in [0.717, 1.165) is 29.0 Å². The monoisotopic (exact) mass is 289 g/mol. The number of nitriles is 1. The Hall–Kier alpha value is -1.87. The molecule has 5 nitrogen and oxygen atoms in total. The standard InChI is InChI=1S/C14H19N5S/c1-4-10-9-11-12(19(5-2)8-6-7-15)17-14(16-3)18-13(11)20-10/h9H,4-6,8H2,1-3H3,(H,16,17,18). The molecule has 2 aromatic heterocycles. The summed E-state index contributed by atoms with van der Waals surface area (Å²) in [5.74, 6) is 1.56. The fraction of sp³-hybridized carbons (Fsp3) is 0.500. The molecular weight excluding hydrogens is 270 g/mol. The molecule has 6 heteroatoms. The van der Waals surface area contributed by atoms with Crippen molar-refractivity contribution in [1.82, 2.24) is 9.97 Å². The van der Waals surface area contributed by atoms with Crippen LogP contribution >= 0.6 is 11.3 Å². The maximum atomic E-state index is 8.79. The SMILES string of the molecule is CCc1cc2c(N(CC)CCC#N)nc(NC)nc2s1. The van der Waals surface area contributed by atoms with Crippen molar-refractivity contribution in [1.29, 1.82) is 5.26 Å². The molecule has 0 aliphatic heterocycles. The van der Waals surface area contributed by atoms with E-state index in [9.17, 15) is 0 Å². The molecule has 2 heterocycles. The van der Waals surface area contributed by atoms with E-state index in [0.29, 0.717) is 18.9 Å². The minimum absolute atomic E-state index is 0.499. The predicted octanol–water partition coefficient (Wildman–Crippen LogP) is 3.04. The highest BCUT2D eigenvalue weighted by Crippen LogP contribution is 2.32. The number of nitrogens with one attached hydrogen (secondary N) is 1. The number of aryl methyl sites for hydroxylation is 1. The first-order valence-electron chi connectivity index (χ1n) is 6.83. The minimum Gasteiger partial charge on any atom is -0.357 e. The molecule has 1 N–H and O–H groups in total. The van der Waals surface area contributed by atoms with E-state index in [2.05, 4.69) is 46.2 Å². The third kappa shape index (κ3) is 2.83. The Labute approximate surface area is 123 Å². The number of rotatable bonds is 6. The summed E-state index contributed by atoms with van der Waals surface area (Å²) in [6.45, 7) is 5.75. The highest BCUT2D eigenvalue weighted by atomic mass is 32.1. The van der Waals surface area contributed by atoms with Crippen LogP contribution < -0.4 is 10.2 Å². The maximum Gasteiger partial charge on any atom is 0.225 e. The van der Waals surface area contributed by atoms with Gasteiger partial charge in [-0.2, -0.15) is 10.2 Å². The van der Waals surface area contributed by atoms with Crippen molar-refractivity contribution < 1.29 is 0 Å². The summed E-state index contributed by atoms with van der Waals surface area (Å²) in [6.07, 6.45) is 1.50. The number of hydrogen-bond donors (Lipinski definition) is 1. The highest BCUT2D eigenvalue weighted by Gasteiger charge is 2.15. The predicted molar refractivity (Wildman–Crippen MR) is 84.5 cm³/mol. The summed E-state index contributed by atoms with van der Waals surface area (Å²) in [7, 11) is 1.82. The number of nitrogens with zero attached hydrogens (tertiary/aromatic N) is 4. The number of aromatic nitrogens is 2. The lowest BCUT2D eigenvalue weighted by Crippen LogP contribution is -2.25. The average Bonchev–Trinajstić information content (AvgIpc) is 2.90. The lowest BCUT2D eigenvalue weighted by atomic mass is 10.3. The number of hydrogen-bond acceptors (Lipinski definition) is 6. The van der Waals surface area contributed by atoms with Gasteiger partial charge in [0.1, 0.15) is 10.6 Å². The van der Waals surface area contributed by atoms with Crippen molar-refractivity contribution >= 4 is 33.3 Å². The minimum atomic E-state index is 0.499. The van der Waals surface area contributed by atoms with Gasteiger partial charge in [0.25, 0.3) is 0 Å². The third-order valence-corrected chi connectivity index (χ3v) is 4.34. The second-order valence-corrected chi connectivity index (χ2v) is 5.51. The second-order valence-electron chi connectivity index (χ2n) is 4.39. The maximum absolute atomic E-state index is 8.79. The molecule has 20 heavy (non-hydrogen) atoms. The first kappa shape index (κ1) is 14.5. The lowest BCUT2D eigenvalue weighted by molar-refractivity contribution is 0.814. The van der Waals surface area contributed by atoms with Gasteiger partial charge in [-0.05, 0) is 19.4 Å². The number of fused-ring (bicyclic) bond motifs is 1. The number of anilines is 2. The molecule has 0 fully saturated rings. The second kappa shape index (κ2) is 6.53. The van der Waals surface area contributed by atoms with Gasteiger partial charge >= 0.3 is 0 Å². The summed E-state index contributed by atoms with van der Waals surface area (Å²) in [5, 5.41) is 12.9. The van der Waals surface area contributed by atoms with Crippen molar-refractivity contribution in [3.8, 4) is 6.07 Å². The van der Waals surface area contributed by atoms with Crippen LogP contribution in [0.1, 0.15) is 25.1 Å². The third-order valence-electron chi connectivity index (χ3n) is 3.17. The molecule has 2 rings (SSSR count). The zero-order chi connectivity index (χ0) is 14.5. The molecule has 106 valence electrons. The zero-order valence-electron chi connectivity index (χ0n) is 12.1. The van der Waals surface area contributed by atoms with Gasteiger partial charge in [-0.15, -0.1) is 11.3 Å². The van der Waals surface area contributed by atoms with Crippen LogP contribution in [0.4, 0.5) is 11.8 Å². The molecule has 0 aromatic carbocycles. The lowest BCUT2D eigenvalue weighted by Gasteiger charge is -2.21. The van der Waals surface area contributed by atoms with E-state index in [-0.39, 0.29) is 0 Å². The van der Waals surface area contributed by atoms with Gasteiger partial charge in [0.2, 0.25) is 5.95 Å². The molecule has 0 atom stereocenters. The Kier molecular flexibility index (Phi) is 4.74. The van der Waals surface area contributed by atoms with Crippen LogP contribution in [-0.2, 0) is 6.42 Å². The van der Waals surface area contributed by atoms with Gasteiger partial charge in [-0.25, -0.2) is 4.98 Å². The molecule has 0 saturated heterocycles. The summed E-state index contributed by atoms with van der Waals surface area (Å²) < 4.78 is 0. The Morgan fingerprint density at radius 1 is 1.40 bits per heavy atom. The van der Waals surface area contributed by atoms with E-state index in [1.807, 2.05) is 7.05 Å². The first-order chi connectivity index (χ1) is 9.73. The van der Waals surface area contributed by atoms with Crippen LogP contribution in [0.2, 0.25) is 0 Å². The van der Waals surface area contributed by atoms with Crippen LogP contribution in [0, 0.1) is 11.3 Å². The Balaban J connectivity index is 2.53. The summed E-state index contributed by atoms with van der Waals surface area (Å²) in [4.78, 5) is 13.6. The molecule has 0 aliphatic carbocycles. The van der Waals surface area contributed by atoms with Gasteiger partial charge in [0.15, 0.2) is 0 Å². The smallest absolute Gasteiger partial charge is 0.225 e. The summed E-state index contributed by atoms with van der Waals surface area (Å²) in [5.41, 5.74) is 0. The fourth-order valence-corrected chi connectivity index (χ4v) is 3.04. The molecule has 2 aromatic rings. The van der Waals surface area contributed by atoms with Gasteiger partial charge in [0, 0.05) is 25.0 Å². The van der Waals surface area contributed by atoms with E-state index in [4.69, 9.17) is 5.26 Å². The highest BCUT2D eigenvalue weighted by molar-refractivity contribution is 7.18. The summed E-state index contributed by atoms with van der Waals surface area (Å²) in [6, 6.07) is 4.37. The first-order valence-corrected chi connectivity index (χ1v) is 7.65. The molecule has 0 unspecified atom stereocenters. The average molecular weight is 289 g/mol. The molecule has 0 aliphatic rings. The molecule has 0 saturated carbocycles. The van der Waals surface area contributed by atoms with E-state index >= 15 is 0 Å². The number of thiophene rings is 1. The Bertz CT molecular complexity index is 628. The van der Waals surface area contributed by atoms with Gasteiger partial charge in [0.05, 0.1) is 17.9 Å². The topological polar surface area (TPSA) is 64.8 Å². The van der Waals surface area contributed by atoms with Crippen LogP contribution in [0.3, 0.4) is 0 Å². The molecule has 0 spiro atoms. The fourth-order valence-electron chi connectivity index (χ4n) is 2.08. The van der Waals surface area contributed by atoms with Crippen LogP contribution in [-0.4, -0.2) is 30.1 Å². The van der Waals surface area contributed by atoms with Gasteiger partial charge in [-0.3, -0.25) is 0 Å². The van der Waals surface area contributed by atoms with E-state index < -0.39 is 0 Å². The Morgan fingerprint density at radius 2 is 2.20 bits per heavy atom. The zero-order valence-corrected chi connectivity index (χ0v) is 12.9. The largest absolute Gasteiger partial charge is 0.357 e. The van der Waals surface area contributed by atoms with Crippen molar-refractivity contribution in [2.24, 2.45) is 0 Å². The van der Waals surface area contributed by atoms with Crippen molar-refractivity contribution in [3.63, 3.8) is 0 Å². The Morgan fingerprint density at radius 3 is 2.80 bits per heavy atom. The van der Waals surface area contributed by atoms with Gasteiger partial charge < -0.3 is 10.2 Å². The quantitative estimate of drug-likeness (QED) is 0.885. The van der Waals surface area contributed by atoms with Crippen LogP contribution in [0.15, 0.2) is 6.07 Å².